The van der Waals surface area contributed by atoms with Crippen molar-refractivity contribution in [2.45, 2.75) is 38.3 Å². The van der Waals surface area contributed by atoms with E-state index >= 15 is 0 Å². The molecule has 7 nitrogen and oxygen atoms in total. The number of anilines is 1. The Hall–Kier alpha value is -2.90. The maximum Gasteiger partial charge on any atom is 0.228 e. The Kier molecular flexibility index (Phi) is 6.36. The molecule has 1 unspecified atom stereocenters. The second-order valence-corrected chi connectivity index (χ2v) is 8.91. The number of carbonyl (C=O) groups excluding carboxylic acids is 1. The number of likely N-dealkylation sites (tertiary alicyclic amines) is 2. The first-order chi connectivity index (χ1) is 15.7. The van der Waals surface area contributed by atoms with Crippen molar-refractivity contribution in [1.82, 2.24) is 19.6 Å². The van der Waals surface area contributed by atoms with E-state index in [0.29, 0.717) is 6.04 Å². The van der Waals surface area contributed by atoms with E-state index in [1.807, 2.05) is 48.7 Å². The lowest BCUT2D eigenvalue weighted by Crippen LogP contribution is -2.50. The van der Waals surface area contributed by atoms with E-state index in [9.17, 15) is 4.79 Å². The van der Waals surface area contributed by atoms with E-state index < -0.39 is 0 Å². The summed E-state index contributed by atoms with van der Waals surface area (Å²) in [6.45, 7) is 5.01. The number of hydrogen-bond acceptors (Lipinski definition) is 5. The Morgan fingerprint density at radius 2 is 2.00 bits per heavy atom. The number of nitrogens with one attached hydrogen (secondary N) is 1. The highest BCUT2D eigenvalue weighted by atomic mass is 16.3. The van der Waals surface area contributed by atoms with Crippen molar-refractivity contribution in [3.8, 4) is 5.69 Å². The fourth-order valence-electron chi connectivity index (χ4n) is 5.01. The number of furan rings is 1. The van der Waals surface area contributed by atoms with Crippen LogP contribution in [0.3, 0.4) is 0 Å². The number of benzene rings is 1. The Labute approximate surface area is 189 Å². The minimum atomic E-state index is 0.0401. The molecule has 7 heteroatoms. The van der Waals surface area contributed by atoms with Crippen molar-refractivity contribution in [2.24, 2.45) is 5.92 Å². The third-order valence-corrected chi connectivity index (χ3v) is 6.74. The van der Waals surface area contributed by atoms with Crippen LogP contribution in [0.2, 0.25) is 0 Å². The fraction of sp³-hybridized carbons (Fsp3) is 0.440. The van der Waals surface area contributed by atoms with E-state index in [1.165, 1.54) is 0 Å². The van der Waals surface area contributed by atoms with Gasteiger partial charge in [0.05, 0.1) is 24.4 Å². The van der Waals surface area contributed by atoms with Gasteiger partial charge in [0, 0.05) is 43.8 Å². The van der Waals surface area contributed by atoms with Gasteiger partial charge in [-0.1, -0.05) is 6.07 Å². The predicted molar refractivity (Wildman–Crippen MR) is 123 cm³/mol. The lowest BCUT2D eigenvalue weighted by molar-refractivity contribution is -0.122. The van der Waals surface area contributed by atoms with Crippen molar-refractivity contribution in [1.29, 1.82) is 0 Å². The van der Waals surface area contributed by atoms with Gasteiger partial charge in [0.15, 0.2) is 0 Å². The minimum absolute atomic E-state index is 0.0401. The molecule has 4 heterocycles. The summed E-state index contributed by atoms with van der Waals surface area (Å²) in [6, 6.07) is 14.3. The summed E-state index contributed by atoms with van der Waals surface area (Å²) in [7, 11) is 0. The summed E-state index contributed by atoms with van der Waals surface area (Å²) < 4.78 is 7.30. The first-order valence-corrected chi connectivity index (χ1v) is 11.6. The Balaban J connectivity index is 1.14. The number of nitrogens with zero attached hydrogens (tertiary/aromatic N) is 4. The van der Waals surface area contributed by atoms with Gasteiger partial charge in [-0.05, 0) is 68.6 Å². The maximum absolute atomic E-state index is 13.0. The highest BCUT2D eigenvalue weighted by Crippen LogP contribution is 2.26. The van der Waals surface area contributed by atoms with E-state index in [0.717, 1.165) is 75.5 Å². The van der Waals surface area contributed by atoms with E-state index in [-0.39, 0.29) is 11.8 Å². The molecule has 5 rings (SSSR count). The van der Waals surface area contributed by atoms with E-state index in [4.69, 9.17) is 4.42 Å². The average Bonchev–Trinajstić information content (AvgIpc) is 3.55. The first-order valence-electron chi connectivity index (χ1n) is 11.6. The van der Waals surface area contributed by atoms with Crippen molar-refractivity contribution in [2.75, 3.05) is 31.5 Å². The molecular formula is C25H31N5O2. The quantitative estimate of drug-likeness (QED) is 0.641. The maximum atomic E-state index is 13.0. The Bertz CT molecular complexity index is 993. The lowest BCUT2D eigenvalue weighted by Gasteiger charge is -2.41. The average molecular weight is 434 g/mol. The topological polar surface area (TPSA) is 66.5 Å². The molecule has 2 aliphatic heterocycles. The minimum Gasteiger partial charge on any atom is -0.468 e. The number of aromatic nitrogens is 2. The summed E-state index contributed by atoms with van der Waals surface area (Å²) in [6.07, 6.45) is 9.75. The molecule has 0 saturated carbocycles. The Morgan fingerprint density at radius 3 is 2.78 bits per heavy atom. The summed E-state index contributed by atoms with van der Waals surface area (Å²) in [4.78, 5) is 18.1. The zero-order chi connectivity index (χ0) is 21.8. The van der Waals surface area contributed by atoms with Gasteiger partial charge in [-0.2, -0.15) is 5.10 Å². The largest absolute Gasteiger partial charge is 0.468 e. The van der Waals surface area contributed by atoms with Crippen LogP contribution in [0.1, 0.15) is 31.4 Å². The zero-order valence-corrected chi connectivity index (χ0v) is 18.4. The number of carbonyl (C=O) groups is 1. The molecule has 32 heavy (non-hydrogen) atoms. The van der Waals surface area contributed by atoms with E-state index in [1.54, 1.807) is 17.1 Å². The standard InChI is InChI=1S/C25H31N5O2/c31-25(27-21-6-1-7-23(17-21)30-13-4-11-26-30)20-5-2-12-29(18-20)22-9-14-28(15-10-22)19-24-8-3-16-32-24/h1,3-4,6-8,11,13,16-17,20,22H,2,5,9-10,12,14-15,18-19H2,(H,27,31). The van der Waals surface area contributed by atoms with Crippen LogP contribution in [0.4, 0.5) is 5.69 Å². The normalized spacial score (nSPS) is 20.9. The molecule has 1 aromatic carbocycles. The molecule has 2 aromatic heterocycles. The Morgan fingerprint density at radius 1 is 1.09 bits per heavy atom. The van der Waals surface area contributed by atoms with Gasteiger partial charge in [-0.15, -0.1) is 0 Å². The SMILES string of the molecule is O=C(Nc1cccc(-n2cccn2)c1)C1CCCN(C2CCN(Cc3ccco3)CC2)C1. The highest BCUT2D eigenvalue weighted by molar-refractivity contribution is 5.93. The number of hydrogen-bond donors (Lipinski definition) is 1. The predicted octanol–water partition coefficient (Wildman–Crippen LogP) is 3.78. The van der Waals surface area contributed by atoms with Gasteiger partial charge in [0.2, 0.25) is 5.91 Å². The molecule has 2 saturated heterocycles. The van der Waals surface area contributed by atoms with Crippen LogP contribution in [0, 0.1) is 5.92 Å². The van der Waals surface area contributed by atoms with Crippen molar-refractivity contribution < 1.29 is 9.21 Å². The van der Waals surface area contributed by atoms with Gasteiger partial charge in [-0.25, -0.2) is 4.68 Å². The monoisotopic (exact) mass is 433 g/mol. The van der Waals surface area contributed by atoms with Crippen LogP contribution in [0.25, 0.3) is 5.69 Å². The fourth-order valence-corrected chi connectivity index (χ4v) is 5.01. The number of amides is 1. The smallest absolute Gasteiger partial charge is 0.228 e. The summed E-state index contributed by atoms with van der Waals surface area (Å²) in [5, 5.41) is 7.42. The lowest BCUT2D eigenvalue weighted by atomic mass is 9.93. The molecule has 1 atom stereocenters. The van der Waals surface area contributed by atoms with Gasteiger partial charge in [0.25, 0.3) is 0 Å². The molecule has 0 radical (unpaired) electrons. The number of piperidine rings is 2. The van der Waals surface area contributed by atoms with Crippen LogP contribution < -0.4 is 5.32 Å². The van der Waals surface area contributed by atoms with Crippen molar-refractivity contribution in [3.63, 3.8) is 0 Å². The molecule has 0 spiro atoms. The molecule has 2 fully saturated rings. The molecule has 0 aliphatic carbocycles. The van der Waals surface area contributed by atoms with Crippen LogP contribution in [0.15, 0.2) is 65.5 Å². The highest BCUT2D eigenvalue weighted by Gasteiger charge is 2.31. The second kappa shape index (κ2) is 9.71. The molecule has 1 N–H and O–H groups in total. The zero-order valence-electron chi connectivity index (χ0n) is 18.4. The van der Waals surface area contributed by atoms with Gasteiger partial charge < -0.3 is 9.73 Å². The van der Waals surface area contributed by atoms with Gasteiger partial charge in [-0.3, -0.25) is 14.6 Å². The van der Waals surface area contributed by atoms with E-state index in [2.05, 4.69) is 20.2 Å². The summed E-state index contributed by atoms with van der Waals surface area (Å²) in [5.41, 5.74) is 1.77. The number of rotatable bonds is 6. The first kappa shape index (κ1) is 21.0. The van der Waals surface area contributed by atoms with Crippen molar-refractivity contribution >= 4 is 11.6 Å². The molecule has 168 valence electrons. The summed E-state index contributed by atoms with van der Waals surface area (Å²) in [5.74, 6) is 1.20. The molecule has 1 amide bonds. The molecule has 3 aromatic rings. The third kappa shape index (κ3) is 4.95. The van der Waals surface area contributed by atoms with Crippen molar-refractivity contribution in [3.05, 3.63) is 66.9 Å². The third-order valence-electron chi connectivity index (χ3n) is 6.74. The van der Waals surface area contributed by atoms with Crippen LogP contribution in [-0.2, 0) is 11.3 Å². The molecule has 2 aliphatic rings. The van der Waals surface area contributed by atoms with Gasteiger partial charge >= 0.3 is 0 Å². The summed E-state index contributed by atoms with van der Waals surface area (Å²) >= 11 is 0. The molecule has 0 bridgehead atoms. The van der Waals surface area contributed by atoms with Crippen LogP contribution in [0.5, 0.6) is 0 Å². The second-order valence-electron chi connectivity index (χ2n) is 8.91. The molecular weight excluding hydrogens is 402 g/mol. The van der Waals surface area contributed by atoms with Crippen LogP contribution in [-0.4, -0.2) is 57.7 Å². The van der Waals surface area contributed by atoms with Gasteiger partial charge in [0.1, 0.15) is 5.76 Å². The van der Waals surface area contributed by atoms with Crippen LogP contribution >= 0.6 is 0 Å².